The van der Waals surface area contributed by atoms with Gasteiger partial charge in [0, 0.05) is 24.1 Å². The summed E-state index contributed by atoms with van der Waals surface area (Å²) in [7, 11) is -0.736. The summed E-state index contributed by atoms with van der Waals surface area (Å²) in [6.07, 6.45) is 1.08. The van der Waals surface area contributed by atoms with Crippen LogP contribution in [0.1, 0.15) is 25.3 Å². The fourth-order valence-corrected chi connectivity index (χ4v) is 3.50. The minimum absolute atomic E-state index is 0.0125. The molecule has 2 aromatic rings. The maximum Gasteiger partial charge on any atom is 0.243 e. The van der Waals surface area contributed by atoms with Crippen molar-refractivity contribution in [3.63, 3.8) is 0 Å². The molecular weight excluding hydrogens is 380 g/mol. The predicted molar refractivity (Wildman–Crippen MR) is 110 cm³/mol. The Morgan fingerprint density at radius 2 is 1.71 bits per heavy atom. The molecule has 1 amide bonds. The molecule has 8 heteroatoms. The van der Waals surface area contributed by atoms with Gasteiger partial charge in [0.05, 0.1) is 26.5 Å². The number of carbonyl (C=O) groups excluding carboxylic acids is 1. The van der Waals surface area contributed by atoms with Gasteiger partial charge in [0.1, 0.15) is 10.6 Å². The average Bonchev–Trinajstić information content (AvgIpc) is 2.65. The van der Waals surface area contributed by atoms with Crippen molar-refractivity contribution in [1.29, 1.82) is 0 Å². The van der Waals surface area contributed by atoms with Crippen molar-refractivity contribution < 1.29 is 22.7 Å². The largest absolute Gasteiger partial charge is 0.497 e. The van der Waals surface area contributed by atoms with Crippen molar-refractivity contribution in [2.75, 3.05) is 37.7 Å². The van der Waals surface area contributed by atoms with Crippen LogP contribution in [0.25, 0.3) is 0 Å². The fraction of sp³-hybridized carbons (Fsp3) is 0.350. The molecule has 0 aromatic heterocycles. The Hall–Kier alpha value is -2.74. The van der Waals surface area contributed by atoms with Crippen LogP contribution in [0.2, 0.25) is 0 Å². The van der Waals surface area contributed by atoms with E-state index < -0.39 is 9.84 Å². The Kier molecular flexibility index (Phi) is 6.90. The SMILES string of the molecule is COc1cc(NCC(=O)Nc2ccc(C(C)C)cc2)c(OC)c(S(C)(=O)=O)c1. The Morgan fingerprint density at radius 3 is 2.21 bits per heavy atom. The zero-order chi connectivity index (χ0) is 20.9. The van der Waals surface area contributed by atoms with Gasteiger partial charge in [-0.3, -0.25) is 4.79 Å². The number of benzene rings is 2. The van der Waals surface area contributed by atoms with Gasteiger partial charge in [-0.15, -0.1) is 0 Å². The molecule has 0 atom stereocenters. The van der Waals surface area contributed by atoms with Crippen molar-refractivity contribution in [3.8, 4) is 11.5 Å². The molecule has 152 valence electrons. The lowest BCUT2D eigenvalue weighted by Crippen LogP contribution is -2.22. The van der Waals surface area contributed by atoms with Crippen LogP contribution < -0.4 is 20.1 Å². The van der Waals surface area contributed by atoms with Crippen LogP contribution >= 0.6 is 0 Å². The Labute approximate surface area is 166 Å². The highest BCUT2D eigenvalue weighted by Crippen LogP contribution is 2.36. The lowest BCUT2D eigenvalue weighted by Gasteiger charge is -2.16. The molecule has 0 saturated carbocycles. The molecule has 0 unspecified atom stereocenters. The van der Waals surface area contributed by atoms with Crippen LogP contribution in [-0.2, 0) is 14.6 Å². The van der Waals surface area contributed by atoms with Crippen LogP contribution in [0.4, 0.5) is 11.4 Å². The summed E-state index contributed by atoms with van der Waals surface area (Å²) in [4.78, 5) is 12.3. The highest BCUT2D eigenvalue weighted by atomic mass is 32.2. The van der Waals surface area contributed by atoms with E-state index in [0.717, 1.165) is 6.26 Å². The van der Waals surface area contributed by atoms with Gasteiger partial charge in [0.25, 0.3) is 0 Å². The Balaban J connectivity index is 2.15. The lowest BCUT2D eigenvalue weighted by molar-refractivity contribution is -0.114. The van der Waals surface area contributed by atoms with Crippen molar-refractivity contribution in [2.24, 2.45) is 0 Å². The number of hydrogen-bond acceptors (Lipinski definition) is 6. The molecule has 0 saturated heterocycles. The standard InChI is InChI=1S/C20H26N2O5S/c1-13(2)14-6-8-15(9-7-14)22-19(23)12-21-17-10-16(26-3)11-18(20(17)27-4)28(5,24)25/h6-11,13,21H,12H2,1-5H3,(H,22,23). The first-order chi connectivity index (χ1) is 13.2. The number of anilines is 2. The monoisotopic (exact) mass is 406 g/mol. The summed E-state index contributed by atoms with van der Waals surface area (Å²) >= 11 is 0. The van der Waals surface area contributed by atoms with Crippen LogP contribution in [-0.4, -0.2) is 41.3 Å². The minimum atomic E-state index is -3.54. The van der Waals surface area contributed by atoms with Gasteiger partial charge in [0.15, 0.2) is 15.6 Å². The summed E-state index contributed by atoms with van der Waals surface area (Å²) in [5, 5.41) is 5.72. The summed E-state index contributed by atoms with van der Waals surface area (Å²) in [6.45, 7) is 4.13. The molecule has 28 heavy (non-hydrogen) atoms. The number of rotatable bonds is 8. The molecule has 7 nitrogen and oxygen atoms in total. The topological polar surface area (TPSA) is 93.7 Å². The molecule has 2 rings (SSSR count). The first-order valence-electron chi connectivity index (χ1n) is 8.75. The molecule has 0 aliphatic rings. The number of amides is 1. The zero-order valence-corrected chi connectivity index (χ0v) is 17.5. The van der Waals surface area contributed by atoms with Crippen LogP contribution in [0.3, 0.4) is 0 Å². The molecule has 0 heterocycles. The maximum absolute atomic E-state index is 12.3. The smallest absolute Gasteiger partial charge is 0.243 e. The fourth-order valence-electron chi connectivity index (χ4n) is 2.64. The van der Waals surface area contributed by atoms with E-state index in [1.807, 2.05) is 24.3 Å². The summed E-state index contributed by atoms with van der Waals surface area (Å²) < 4.78 is 34.5. The number of hydrogen-bond donors (Lipinski definition) is 2. The average molecular weight is 407 g/mol. The number of methoxy groups -OCH3 is 2. The predicted octanol–water partition coefficient (Wildman–Crippen LogP) is 3.28. The molecular formula is C20H26N2O5S. The molecule has 0 bridgehead atoms. The summed E-state index contributed by atoms with van der Waals surface area (Å²) in [5.41, 5.74) is 2.23. The van der Waals surface area contributed by atoms with Crippen molar-refractivity contribution in [1.82, 2.24) is 0 Å². The summed E-state index contributed by atoms with van der Waals surface area (Å²) in [6, 6.07) is 10.6. The Bertz CT molecular complexity index is 938. The van der Waals surface area contributed by atoms with Crippen molar-refractivity contribution >= 4 is 27.1 Å². The number of sulfone groups is 1. The first-order valence-corrected chi connectivity index (χ1v) is 10.6. The molecule has 0 fully saturated rings. The van der Waals surface area contributed by atoms with Gasteiger partial charge < -0.3 is 20.1 Å². The van der Waals surface area contributed by atoms with Gasteiger partial charge >= 0.3 is 0 Å². The van der Waals surface area contributed by atoms with Gasteiger partial charge in [-0.25, -0.2) is 8.42 Å². The molecule has 2 aromatic carbocycles. The van der Waals surface area contributed by atoms with Crippen molar-refractivity contribution in [2.45, 2.75) is 24.7 Å². The third-order valence-electron chi connectivity index (χ3n) is 4.17. The quantitative estimate of drug-likeness (QED) is 0.699. The van der Waals surface area contributed by atoms with Gasteiger partial charge in [-0.2, -0.15) is 0 Å². The zero-order valence-electron chi connectivity index (χ0n) is 16.7. The van der Waals surface area contributed by atoms with E-state index in [1.54, 1.807) is 6.07 Å². The molecule has 2 N–H and O–H groups in total. The Morgan fingerprint density at radius 1 is 1.07 bits per heavy atom. The molecule has 0 spiro atoms. The van der Waals surface area contributed by atoms with E-state index in [0.29, 0.717) is 23.0 Å². The van der Waals surface area contributed by atoms with Gasteiger partial charge in [-0.1, -0.05) is 26.0 Å². The van der Waals surface area contributed by atoms with E-state index >= 15 is 0 Å². The number of carbonyl (C=O) groups is 1. The van der Waals surface area contributed by atoms with E-state index in [-0.39, 0.29) is 23.1 Å². The highest BCUT2D eigenvalue weighted by Gasteiger charge is 2.20. The van der Waals surface area contributed by atoms with Crippen molar-refractivity contribution in [3.05, 3.63) is 42.0 Å². The van der Waals surface area contributed by atoms with E-state index in [4.69, 9.17) is 9.47 Å². The lowest BCUT2D eigenvalue weighted by atomic mass is 10.0. The maximum atomic E-state index is 12.3. The van der Waals surface area contributed by atoms with Crippen LogP contribution in [0, 0.1) is 0 Å². The second kappa shape index (κ2) is 8.97. The molecule has 0 aliphatic carbocycles. The highest BCUT2D eigenvalue weighted by molar-refractivity contribution is 7.90. The van der Waals surface area contributed by atoms with Gasteiger partial charge in [0.2, 0.25) is 5.91 Å². The number of ether oxygens (including phenoxy) is 2. The minimum Gasteiger partial charge on any atom is -0.497 e. The second-order valence-electron chi connectivity index (χ2n) is 6.66. The van der Waals surface area contributed by atoms with E-state index in [1.165, 1.54) is 25.8 Å². The molecule has 0 aliphatic heterocycles. The van der Waals surface area contributed by atoms with E-state index in [2.05, 4.69) is 24.5 Å². The van der Waals surface area contributed by atoms with E-state index in [9.17, 15) is 13.2 Å². The number of nitrogens with one attached hydrogen (secondary N) is 2. The third-order valence-corrected chi connectivity index (χ3v) is 5.27. The second-order valence-corrected chi connectivity index (χ2v) is 8.64. The first kappa shape index (κ1) is 21.6. The van der Waals surface area contributed by atoms with Gasteiger partial charge in [-0.05, 0) is 23.6 Å². The molecule has 0 radical (unpaired) electrons. The third kappa shape index (κ3) is 5.39. The van der Waals surface area contributed by atoms with Crippen LogP contribution in [0.15, 0.2) is 41.3 Å². The normalized spacial score (nSPS) is 11.2. The van der Waals surface area contributed by atoms with Crippen LogP contribution in [0.5, 0.6) is 11.5 Å². The summed E-state index contributed by atoms with van der Waals surface area (Å²) in [5.74, 6) is 0.616.